The molecule has 3 saturated heterocycles. The minimum absolute atomic E-state index is 0.0398. The fourth-order valence-electron chi connectivity index (χ4n) is 4.44. The van der Waals surface area contributed by atoms with Crippen molar-refractivity contribution < 1.29 is 37.9 Å². The number of morpholine rings is 1. The van der Waals surface area contributed by atoms with Crippen LogP contribution < -0.4 is 9.80 Å². The van der Waals surface area contributed by atoms with Crippen molar-refractivity contribution in [2.45, 2.75) is 38.4 Å². The third kappa shape index (κ3) is 3.53. The Morgan fingerprint density at radius 2 is 1.94 bits per heavy atom. The zero-order valence-corrected chi connectivity index (χ0v) is 17.6. The number of hydrogen-bond donors (Lipinski definition) is 1. The number of carbonyl (C=O) groups is 1. The van der Waals surface area contributed by atoms with Crippen molar-refractivity contribution >= 4 is 34.8 Å². The maximum Gasteiger partial charge on any atom is 0.416 e. The monoisotopic (exact) mass is 450 g/mol. The minimum atomic E-state index is -0.764. The van der Waals surface area contributed by atoms with Gasteiger partial charge in [0.05, 0.1) is 49.3 Å². The van der Waals surface area contributed by atoms with E-state index in [-0.39, 0.29) is 35.5 Å². The first kappa shape index (κ1) is 20.9. The van der Waals surface area contributed by atoms with Crippen LogP contribution in [-0.4, -0.2) is 73.8 Å². The van der Waals surface area contributed by atoms with Crippen LogP contribution in [0.1, 0.15) is 25.7 Å². The topological polar surface area (TPSA) is 119 Å². The summed E-state index contributed by atoms with van der Waals surface area (Å²) in [7, 11) is 0. The van der Waals surface area contributed by atoms with Gasteiger partial charge in [0.15, 0.2) is 24.0 Å². The smallest absolute Gasteiger partial charge is 0.416 e. The van der Waals surface area contributed by atoms with E-state index in [1.807, 2.05) is 18.7 Å². The predicted octanol–water partition coefficient (Wildman–Crippen LogP) is 2.41. The van der Waals surface area contributed by atoms with Crippen molar-refractivity contribution in [3.63, 3.8) is 0 Å². The summed E-state index contributed by atoms with van der Waals surface area (Å²) in [5.74, 6) is -0.509. The van der Waals surface area contributed by atoms with Crippen molar-refractivity contribution in [1.29, 1.82) is 0 Å². The summed E-state index contributed by atoms with van der Waals surface area (Å²) in [5, 5.41) is 15.9. The Bertz CT molecular complexity index is 1040. The molecule has 3 fully saturated rings. The zero-order valence-electron chi connectivity index (χ0n) is 17.6. The van der Waals surface area contributed by atoms with E-state index in [1.165, 1.54) is 4.90 Å². The van der Waals surface area contributed by atoms with E-state index in [9.17, 15) is 4.79 Å². The van der Waals surface area contributed by atoms with E-state index in [4.69, 9.17) is 28.7 Å². The Morgan fingerprint density at radius 3 is 2.62 bits per heavy atom. The largest absolute Gasteiger partial charge is 0.438 e. The number of anilines is 2. The van der Waals surface area contributed by atoms with Crippen LogP contribution >= 0.6 is 0 Å². The maximum atomic E-state index is 15.9. The third-order valence-corrected chi connectivity index (χ3v) is 5.62. The van der Waals surface area contributed by atoms with E-state index >= 15 is 4.39 Å². The summed E-state index contributed by atoms with van der Waals surface area (Å²) in [6.45, 7) is 5.63. The van der Waals surface area contributed by atoms with Gasteiger partial charge in [0.2, 0.25) is 5.58 Å². The fraction of sp³-hybridized carbons (Fsp3) is 0.550. The van der Waals surface area contributed by atoms with Gasteiger partial charge >= 0.3 is 6.09 Å². The SMILES string of the molecule is C[C@@H]1CN(c2c(C3OCCO3)cc3c(N4C[C@H](/C=N/O)OC4=O)noc3c2F)C[C@@H](C)O1. The first-order valence-corrected chi connectivity index (χ1v) is 10.4. The zero-order chi connectivity index (χ0) is 22.4. The van der Waals surface area contributed by atoms with Gasteiger partial charge in [0.1, 0.15) is 0 Å². The van der Waals surface area contributed by atoms with Gasteiger partial charge in [-0.1, -0.05) is 10.3 Å². The van der Waals surface area contributed by atoms with E-state index in [0.29, 0.717) is 37.6 Å². The quantitative estimate of drug-likeness (QED) is 0.425. The molecule has 1 aromatic carbocycles. The number of ether oxygens (including phenoxy) is 4. The molecule has 0 bridgehead atoms. The Labute approximate surface area is 182 Å². The van der Waals surface area contributed by atoms with E-state index in [2.05, 4.69) is 10.3 Å². The molecule has 1 amide bonds. The van der Waals surface area contributed by atoms with Crippen LogP contribution in [0.2, 0.25) is 0 Å². The number of nitrogens with zero attached hydrogens (tertiary/aromatic N) is 4. The van der Waals surface area contributed by atoms with Crippen LogP contribution in [0.4, 0.5) is 20.7 Å². The summed E-state index contributed by atoms with van der Waals surface area (Å²) in [6.07, 6.45) is -1.34. The molecule has 4 heterocycles. The van der Waals surface area contributed by atoms with Crippen molar-refractivity contribution in [3.05, 3.63) is 17.4 Å². The number of benzene rings is 1. The first-order valence-electron chi connectivity index (χ1n) is 10.4. The molecule has 11 nitrogen and oxygen atoms in total. The second kappa shape index (κ2) is 8.19. The average Bonchev–Trinajstić information content (AvgIpc) is 3.47. The highest BCUT2D eigenvalue weighted by molar-refractivity contribution is 6.01. The van der Waals surface area contributed by atoms with Gasteiger partial charge in [-0.15, -0.1) is 0 Å². The van der Waals surface area contributed by atoms with Crippen LogP contribution in [-0.2, 0) is 18.9 Å². The number of oxime groups is 1. The molecule has 0 aliphatic carbocycles. The summed E-state index contributed by atoms with van der Waals surface area (Å²) in [4.78, 5) is 15.4. The molecular weight excluding hydrogens is 427 g/mol. The van der Waals surface area contributed by atoms with Crippen molar-refractivity contribution in [1.82, 2.24) is 5.16 Å². The summed E-state index contributed by atoms with van der Waals surface area (Å²) < 4.78 is 43.5. The number of cyclic esters (lactones) is 1. The number of carbonyl (C=O) groups excluding carboxylic acids is 1. The molecule has 2 aromatic rings. The van der Waals surface area contributed by atoms with Crippen molar-refractivity contribution in [2.24, 2.45) is 5.16 Å². The van der Waals surface area contributed by atoms with E-state index < -0.39 is 24.3 Å². The summed E-state index contributed by atoms with van der Waals surface area (Å²) in [5.41, 5.74) is 0.707. The third-order valence-electron chi connectivity index (χ3n) is 5.62. The lowest BCUT2D eigenvalue weighted by Gasteiger charge is -2.38. The molecule has 3 atom stereocenters. The Balaban J connectivity index is 1.61. The molecule has 0 unspecified atom stereocenters. The lowest BCUT2D eigenvalue weighted by Crippen LogP contribution is -2.46. The number of halogens is 1. The maximum absolute atomic E-state index is 15.9. The van der Waals surface area contributed by atoms with Crippen LogP contribution in [0.3, 0.4) is 0 Å². The molecule has 172 valence electrons. The Kier molecular flexibility index (Phi) is 5.35. The standard InChI is InChI=1S/C20H23FN4O7/c1-10-7-24(8-11(2)30-10)16-13(19-28-3-4-29-19)5-14-17(15(16)21)32-23-18(14)25-9-12(6-22-27)31-20(25)26/h5-6,10-12,19,27H,3-4,7-9H2,1-2H3/b22-6+/t10-,11-,12+/m1/s1. The van der Waals surface area contributed by atoms with Crippen LogP contribution in [0.15, 0.2) is 15.7 Å². The number of aromatic nitrogens is 1. The number of rotatable bonds is 4. The second-order valence-corrected chi connectivity index (χ2v) is 8.04. The average molecular weight is 450 g/mol. The molecule has 0 saturated carbocycles. The van der Waals surface area contributed by atoms with Crippen LogP contribution in [0.5, 0.6) is 0 Å². The predicted molar refractivity (Wildman–Crippen MR) is 109 cm³/mol. The van der Waals surface area contributed by atoms with Crippen molar-refractivity contribution in [3.8, 4) is 0 Å². The second-order valence-electron chi connectivity index (χ2n) is 8.04. The molecule has 1 aromatic heterocycles. The van der Waals surface area contributed by atoms with E-state index in [1.54, 1.807) is 6.07 Å². The molecular formula is C20H23FN4O7. The number of amides is 1. The molecule has 3 aliphatic heterocycles. The molecule has 5 rings (SSSR count). The number of fused-ring (bicyclic) bond motifs is 1. The van der Waals surface area contributed by atoms with Crippen LogP contribution in [0.25, 0.3) is 11.0 Å². The minimum Gasteiger partial charge on any atom is -0.438 e. The van der Waals surface area contributed by atoms with Gasteiger partial charge in [-0.25, -0.2) is 9.18 Å². The molecule has 1 N–H and O–H groups in total. The van der Waals surface area contributed by atoms with Gasteiger partial charge in [-0.3, -0.25) is 4.90 Å². The highest BCUT2D eigenvalue weighted by Gasteiger charge is 2.38. The normalized spacial score (nSPS) is 27.2. The van der Waals surface area contributed by atoms with Gasteiger partial charge in [-0.05, 0) is 19.9 Å². The summed E-state index contributed by atoms with van der Waals surface area (Å²) >= 11 is 0. The molecule has 12 heteroatoms. The van der Waals surface area contributed by atoms with Gasteiger partial charge in [-0.2, -0.15) is 0 Å². The Hall–Kier alpha value is -2.96. The van der Waals surface area contributed by atoms with Crippen molar-refractivity contribution in [2.75, 3.05) is 42.6 Å². The van der Waals surface area contributed by atoms with Crippen LogP contribution in [0, 0.1) is 5.82 Å². The van der Waals surface area contributed by atoms with Gasteiger partial charge < -0.3 is 33.6 Å². The lowest BCUT2D eigenvalue weighted by molar-refractivity contribution is -0.0445. The Morgan fingerprint density at radius 1 is 1.22 bits per heavy atom. The first-order chi connectivity index (χ1) is 15.5. The van der Waals surface area contributed by atoms with E-state index in [0.717, 1.165) is 6.21 Å². The fourth-order valence-corrected chi connectivity index (χ4v) is 4.44. The molecule has 0 spiro atoms. The highest BCUT2D eigenvalue weighted by atomic mass is 19.1. The van der Waals surface area contributed by atoms with Gasteiger partial charge in [0.25, 0.3) is 0 Å². The highest BCUT2D eigenvalue weighted by Crippen LogP contribution is 2.42. The lowest BCUT2D eigenvalue weighted by atomic mass is 10.0. The summed E-state index contributed by atoms with van der Waals surface area (Å²) in [6, 6.07) is 1.68. The number of hydrogen-bond acceptors (Lipinski definition) is 10. The molecule has 3 aliphatic rings. The molecule has 0 radical (unpaired) electrons. The molecule has 32 heavy (non-hydrogen) atoms. The van der Waals surface area contributed by atoms with Gasteiger partial charge in [0, 0.05) is 18.7 Å².